The molecule has 0 atom stereocenters. The SMILES string of the molecule is OCC(F)(F)c1ccc(Br)cc1Cl.[BH4-].[Na+]. The summed E-state index contributed by atoms with van der Waals surface area (Å²) < 4.78 is 26.5. The van der Waals surface area contributed by atoms with Crippen molar-refractivity contribution >= 4 is 35.9 Å². The summed E-state index contributed by atoms with van der Waals surface area (Å²) >= 11 is 8.66. The van der Waals surface area contributed by atoms with Crippen LogP contribution in [0.2, 0.25) is 5.02 Å². The molecule has 15 heavy (non-hydrogen) atoms. The first-order valence-electron chi connectivity index (χ1n) is 3.41. The maximum atomic E-state index is 12.9. The van der Waals surface area contributed by atoms with E-state index in [0.717, 1.165) is 0 Å². The van der Waals surface area contributed by atoms with E-state index in [4.69, 9.17) is 16.7 Å². The first-order valence-corrected chi connectivity index (χ1v) is 4.58. The molecule has 0 aromatic heterocycles. The van der Waals surface area contributed by atoms with Gasteiger partial charge in [0.05, 0.1) is 5.02 Å². The molecule has 1 N–H and O–H groups in total. The number of benzene rings is 1. The minimum atomic E-state index is -3.28. The summed E-state index contributed by atoms with van der Waals surface area (Å²) in [6, 6.07) is 3.99. The number of halogens is 4. The van der Waals surface area contributed by atoms with E-state index >= 15 is 0 Å². The molecule has 0 aliphatic heterocycles. The second kappa shape index (κ2) is 7.25. The Morgan fingerprint density at radius 2 is 1.93 bits per heavy atom. The number of hydrogen-bond acceptors (Lipinski definition) is 1. The van der Waals surface area contributed by atoms with Gasteiger partial charge in [0, 0.05) is 10.0 Å². The normalized spacial score (nSPS) is 10.2. The minimum absolute atomic E-state index is 0. The van der Waals surface area contributed by atoms with Crippen LogP contribution in [0.25, 0.3) is 0 Å². The van der Waals surface area contributed by atoms with Gasteiger partial charge in [-0.3, -0.25) is 0 Å². The largest absolute Gasteiger partial charge is 1.00 e. The van der Waals surface area contributed by atoms with Crippen LogP contribution < -0.4 is 29.6 Å². The molecule has 1 aromatic rings. The molecular weight excluding hydrogens is 299 g/mol. The van der Waals surface area contributed by atoms with E-state index in [9.17, 15) is 8.78 Å². The van der Waals surface area contributed by atoms with E-state index in [1.54, 1.807) is 0 Å². The molecule has 0 radical (unpaired) electrons. The number of aliphatic hydroxyl groups excluding tert-OH is 1. The van der Waals surface area contributed by atoms with E-state index in [-0.39, 0.29) is 48.6 Å². The second-order valence-corrected chi connectivity index (χ2v) is 3.81. The van der Waals surface area contributed by atoms with Crippen molar-refractivity contribution in [1.29, 1.82) is 0 Å². The molecule has 0 saturated carbocycles. The van der Waals surface area contributed by atoms with Gasteiger partial charge in [-0.05, 0) is 12.1 Å². The Kier molecular flexibility index (Phi) is 8.82. The molecule has 0 aliphatic carbocycles. The summed E-state index contributed by atoms with van der Waals surface area (Å²) in [4.78, 5) is 0. The standard InChI is InChI=1S/C8H6BrClF2O.BH4.Na/c9-5-1-2-6(7(10)3-5)8(11,12)4-13;;/h1-3,13H,4H2;1H4;/q;-1;+1. The Labute approximate surface area is 124 Å². The number of rotatable bonds is 2. The van der Waals surface area contributed by atoms with E-state index in [0.29, 0.717) is 4.47 Å². The predicted octanol–water partition coefficient (Wildman–Crippen LogP) is -1.26. The molecule has 0 amide bonds. The third-order valence-electron chi connectivity index (χ3n) is 1.52. The van der Waals surface area contributed by atoms with Crippen molar-refractivity contribution in [3.8, 4) is 0 Å². The Balaban J connectivity index is 0. The Bertz CT molecular complexity index is 328. The molecule has 0 fully saturated rings. The first kappa shape index (κ1) is 18.2. The molecule has 0 spiro atoms. The van der Waals surface area contributed by atoms with Crippen LogP contribution in [0.1, 0.15) is 5.56 Å². The second-order valence-electron chi connectivity index (χ2n) is 2.49. The molecule has 1 nitrogen and oxygen atoms in total. The topological polar surface area (TPSA) is 20.2 Å². The molecule has 0 bridgehead atoms. The van der Waals surface area contributed by atoms with Gasteiger partial charge in [0.15, 0.2) is 0 Å². The van der Waals surface area contributed by atoms with Crippen molar-refractivity contribution in [3.05, 3.63) is 33.3 Å². The van der Waals surface area contributed by atoms with Gasteiger partial charge in [-0.15, -0.1) is 0 Å². The summed E-state index contributed by atoms with van der Waals surface area (Å²) in [6.07, 6.45) is 0. The van der Waals surface area contributed by atoms with Gasteiger partial charge in [0.25, 0.3) is 5.92 Å². The Morgan fingerprint density at radius 1 is 1.40 bits per heavy atom. The summed E-state index contributed by atoms with van der Waals surface area (Å²) in [5.74, 6) is -3.28. The molecule has 0 unspecified atom stereocenters. The Morgan fingerprint density at radius 3 is 2.33 bits per heavy atom. The molecule has 0 saturated heterocycles. The average molecular weight is 309 g/mol. The van der Waals surface area contributed by atoms with E-state index in [1.165, 1.54) is 18.2 Å². The molecular formula is C8H10BBrClF2NaO. The summed E-state index contributed by atoms with van der Waals surface area (Å²) in [7, 11) is 0. The van der Waals surface area contributed by atoms with Crippen molar-refractivity contribution in [2.75, 3.05) is 6.61 Å². The van der Waals surface area contributed by atoms with Crippen LogP contribution in [0.4, 0.5) is 8.78 Å². The maximum Gasteiger partial charge on any atom is 1.00 e. The Hall–Kier alpha value is 0.875. The van der Waals surface area contributed by atoms with Gasteiger partial charge in [0.2, 0.25) is 0 Å². The fourth-order valence-electron chi connectivity index (χ4n) is 0.871. The van der Waals surface area contributed by atoms with Gasteiger partial charge >= 0.3 is 29.6 Å². The fourth-order valence-corrected chi connectivity index (χ4v) is 1.68. The minimum Gasteiger partial charge on any atom is -0.390 e. The molecule has 1 aromatic carbocycles. The van der Waals surface area contributed by atoms with Crippen LogP contribution in [0, 0.1) is 0 Å². The van der Waals surface area contributed by atoms with Crippen molar-refractivity contribution in [2.24, 2.45) is 0 Å². The van der Waals surface area contributed by atoms with Crippen LogP contribution in [0.15, 0.2) is 22.7 Å². The van der Waals surface area contributed by atoms with E-state index < -0.39 is 12.5 Å². The molecule has 0 heterocycles. The molecule has 7 heteroatoms. The van der Waals surface area contributed by atoms with Gasteiger partial charge in [-0.2, -0.15) is 8.78 Å². The number of aliphatic hydroxyl groups is 1. The van der Waals surface area contributed by atoms with Crippen LogP contribution in [0.5, 0.6) is 0 Å². The van der Waals surface area contributed by atoms with Crippen LogP contribution in [-0.4, -0.2) is 20.1 Å². The zero-order valence-electron chi connectivity index (χ0n) is 7.40. The number of alkyl halides is 2. The summed E-state index contributed by atoms with van der Waals surface area (Å²) in [6.45, 7) is -1.24. The van der Waals surface area contributed by atoms with Crippen molar-refractivity contribution in [3.63, 3.8) is 0 Å². The molecule has 0 aliphatic rings. The van der Waals surface area contributed by atoms with Gasteiger partial charge in [-0.25, -0.2) is 0 Å². The van der Waals surface area contributed by atoms with Crippen molar-refractivity contribution in [2.45, 2.75) is 5.92 Å². The summed E-state index contributed by atoms with van der Waals surface area (Å²) in [5.41, 5.74) is -0.361. The zero-order valence-corrected chi connectivity index (χ0v) is 11.7. The number of hydrogen-bond donors (Lipinski definition) is 1. The van der Waals surface area contributed by atoms with Crippen LogP contribution in [0.3, 0.4) is 0 Å². The molecule has 1 rings (SSSR count). The van der Waals surface area contributed by atoms with Gasteiger partial charge < -0.3 is 5.11 Å². The average Bonchev–Trinajstić information content (AvgIpc) is 2.03. The maximum absolute atomic E-state index is 12.9. The van der Waals surface area contributed by atoms with Crippen molar-refractivity contribution in [1.82, 2.24) is 0 Å². The summed E-state index contributed by atoms with van der Waals surface area (Å²) in [5, 5.41) is 8.36. The predicted molar refractivity (Wildman–Crippen MR) is 61.5 cm³/mol. The van der Waals surface area contributed by atoms with Gasteiger partial charge in [0.1, 0.15) is 6.61 Å². The van der Waals surface area contributed by atoms with E-state index in [1.807, 2.05) is 0 Å². The zero-order chi connectivity index (χ0) is 10.1. The van der Waals surface area contributed by atoms with Gasteiger partial charge in [-0.1, -0.05) is 42.0 Å². The molecule has 80 valence electrons. The third-order valence-corrected chi connectivity index (χ3v) is 2.33. The van der Waals surface area contributed by atoms with Crippen molar-refractivity contribution < 1.29 is 43.4 Å². The third kappa shape index (κ3) is 4.71. The van der Waals surface area contributed by atoms with Crippen LogP contribution >= 0.6 is 27.5 Å². The fraction of sp³-hybridized carbons (Fsp3) is 0.250. The van der Waals surface area contributed by atoms with Crippen LogP contribution in [-0.2, 0) is 5.92 Å². The monoisotopic (exact) mass is 308 g/mol. The first-order chi connectivity index (χ1) is 5.97. The quantitative estimate of drug-likeness (QED) is 0.676. The smallest absolute Gasteiger partial charge is 0.390 e. The van der Waals surface area contributed by atoms with E-state index in [2.05, 4.69) is 15.9 Å².